The molecule has 1 atom stereocenters. The summed E-state index contributed by atoms with van der Waals surface area (Å²) in [6.07, 6.45) is 2.36. The molecule has 1 fully saturated rings. The van der Waals surface area contributed by atoms with Gasteiger partial charge in [-0.25, -0.2) is 14.8 Å². The molecule has 1 unspecified atom stereocenters. The van der Waals surface area contributed by atoms with E-state index in [2.05, 4.69) is 96.9 Å². The van der Waals surface area contributed by atoms with Crippen LogP contribution in [0, 0.1) is 11.3 Å². The first-order chi connectivity index (χ1) is 24.0. The smallest absolute Gasteiger partial charge is 0.410 e. The molecule has 5 aromatic rings. The zero-order valence-corrected chi connectivity index (χ0v) is 30.3. The number of nitrogens with zero attached hydrogens (tertiary/aromatic N) is 4. The Morgan fingerprint density at radius 2 is 1.48 bits per heavy atom. The van der Waals surface area contributed by atoms with Crippen molar-refractivity contribution in [1.82, 2.24) is 14.9 Å². The average Bonchev–Trinajstić information content (AvgIpc) is 3.61. The van der Waals surface area contributed by atoms with Crippen LogP contribution in [0.15, 0.2) is 115 Å². The molecule has 0 bridgehead atoms. The van der Waals surface area contributed by atoms with E-state index >= 15 is 0 Å². The number of benzene rings is 3. The molecule has 9 heteroatoms. The van der Waals surface area contributed by atoms with Gasteiger partial charge in [0.15, 0.2) is 0 Å². The second kappa shape index (κ2) is 14.8. The van der Waals surface area contributed by atoms with Crippen molar-refractivity contribution in [3.63, 3.8) is 0 Å². The topological polar surface area (TPSA) is 94.4 Å². The molecule has 0 saturated carbocycles. The predicted molar refractivity (Wildman–Crippen MR) is 204 cm³/mol. The van der Waals surface area contributed by atoms with Crippen molar-refractivity contribution < 1.29 is 9.53 Å². The fourth-order valence-corrected chi connectivity index (χ4v) is 7.47. The standard InChI is InChI=1S/C41H46N6O2S/c1-29(2)26-33-27-46(24-25-47(33)39(48)49-40(3,4)5)35-28-50-38(44-35)36(42)34-22-15-23-43-37(34)45-41(30-16-9-6-10-17-30,31-18-11-7-12-19-31)32-20-13-8-14-21-32/h6-23,28-29,33,42H,24-27H2,1-5H3,(H,43,45). The van der Waals surface area contributed by atoms with Crippen LogP contribution in [0.25, 0.3) is 0 Å². The van der Waals surface area contributed by atoms with Gasteiger partial charge in [0.2, 0.25) is 0 Å². The van der Waals surface area contributed by atoms with Crippen LogP contribution in [-0.4, -0.2) is 57.9 Å². The molecule has 0 spiro atoms. The summed E-state index contributed by atoms with van der Waals surface area (Å²) in [7, 11) is 0. The maximum absolute atomic E-state index is 13.1. The summed E-state index contributed by atoms with van der Waals surface area (Å²) in [4.78, 5) is 27.1. The van der Waals surface area contributed by atoms with Crippen LogP contribution in [0.1, 0.15) is 68.3 Å². The van der Waals surface area contributed by atoms with Gasteiger partial charge in [0.25, 0.3) is 0 Å². The van der Waals surface area contributed by atoms with Gasteiger partial charge in [-0.1, -0.05) is 105 Å². The molecule has 50 heavy (non-hydrogen) atoms. The zero-order valence-electron chi connectivity index (χ0n) is 29.5. The van der Waals surface area contributed by atoms with E-state index in [1.807, 2.05) is 61.4 Å². The minimum absolute atomic E-state index is 0.000546. The number of piperazine rings is 1. The van der Waals surface area contributed by atoms with Crippen LogP contribution in [0.4, 0.5) is 16.4 Å². The van der Waals surface area contributed by atoms with Crippen molar-refractivity contribution in [2.75, 3.05) is 29.9 Å². The third-order valence-electron chi connectivity index (χ3n) is 8.89. The van der Waals surface area contributed by atoms with Gasteiger partial charge in [-0.05, 0) is 61.9 Å². The number of pyridine rings is 1. The average molecular weight is 687 g/mol. The molecule has 1 aliphatic rings. The monoisotopic (exact) mass is 686 g/mol. The van der Waals surface area contributed by atoms with E-state index in [4.69, 9.17) is 14.7 Å². The Morgan fingerprint density at radius 3 is 2.02 bits per heavy atom. The van der Waals surface area contributed by atoms with Crippen LogP contribution in [-0.2, 0) is 10.3 Å². The fraction of sp³-hybridized carbons (Fsp3) is 0.317. The second-order valence-corrected chi connectivity index (χ2v) is 15.0. The Hall–Kier alpha value is -5.02. The highest BCUT2D eigenvalue weighted by Gasteiger charge is 2.38. The number of rotatable bonds is 10. The molecule has 1 saturated heterocycles. The first-order valence-electron chi connectivity index (χ1n) is 17.2. The third kappa shape index (κ3) is 7.58. The lowest BCUT2D eigenvalue weighted by molar-refractivity contribution is 0.0119. The summed E-state index contributed by atoms with van der Waals surface area (Å²) in [5.74, 6) is 1.82. The largest absolute Gasteiger partial charge is 0.444 e. The molecule has 3 heterocycles. The lowest BCUT2D eigenvalue weighted by atomic mass is 9.77. The summed E-state index contributed by atoms with van der Waals surface area (Å²) in [5.41, 5.74) is 2.78. The van der Waals surface area contributed by atoms with Gasteiger partial charge < -0.3 is 19.9 Å². The number of hydrogen-bond acceptors (Lipinski definition) is 8. The Kier molecular flexibility index (Phi) is 10.3. The molecule has 2 aromatic heterocycles. The van der Waals surface area contributed by atoms with Crippen molar-refractivity contribution in [2.24, 2.45) is 5.92 Å². The van der Waals surface area contributed by atoms with Crippen molar-refractivity contribution in [3.05, 3.63) is 142 Å². The third-order valence-corrected chi connectivity index (χ3v) is 9.73. The normalized spacial score (nSPS) is 15.2. The molecule has 1 aliphatic heterocycles. The molecule has 1 amide bonds. The highest BCUT2D eigenvalue weighted by atomic mass is 32.1. The van der Waals surface area contributed by atoms with Crippen molar-refractivity contribution in [2.45, 2.75) is 58.2 Å². The van der Waals surface area contributed by atoms with E-state index in [0.29, 0.717) is 47.7 Å². The van der Waals surface area contributed by atoms with E-state index in [0.717, 1.165) is 28.9 Å². The summed E-state index contributed by atoms with van der Waals surface area (Å²) < 4.78 is 5.76. The van der Waals surface area contributed by atoms with Gasteiger partial charge in [0.1, 0.15) is 33.5 Å². The number of nitrogens with one attached hydrogen (secondary N) is 2. The maximum Gasteiger partial charge on any atom is 0.410 e. The lowest BCUT2D eigenvalue weighted by Crippen LogP contribution is -2.56. The Labute approximate surface area is 299 Å². The number of anilines is 2. The van der Waals surface area contributed by atoms with Gasteiger partial charge in [-0.2, -0.15) is 0 Å². The highest BCUT2D eigenvalue weighted by Crippen LogP contribution is 2.40. The van der Waals surface area contributed by atoms with Crippen LogP contribution < -0.4 is 10.2 Å². The maximum atomic E-state index is 13.1. The van der Waals surface area contributed by atoms with Gasteiger partial charge in [-0.3, -0.25) is 5.41 Å². The summed E-state index contributed by atoms with van der Waals surface area (Å²) in [5, 5.41) is 15.9. The van der Waals surface area contributed by atoms with Crippen LogP contribution in [0.3, 0.4) is 0 Å². The number of aromatic nitrogens is 2. The minimum Gasteiger partial charge on any atom is -0.444 e. The zero-order chi connectivity index (χ0) is 35.3. The van der Waals surface area contributed by atoms with Gasteiger partial charge in [0, 0.05) is 36.8 Å². The van der Waals surface area contributed by atoms with Gasteiger partial charge in [-0.15, -0.1) is 11.3 Å². The van der Waals surface area contributed by atoms with Crippen molar-refractivity contribution >= 4 is 34.8 Å². The van der Waals surface area contributed by atoms with Crippen LogP contribution >= 0.6 is 11.3 Å². The Bertz CT molecular complexity index is 1790. The van der Waals surface area contributed by atoms with E-state index in [9.17, 15) is 10.2 Å². The Morgan fingerprint density at radius 1 is 0.900 bits per heavy atom. The number of ether oxygens (including phenoxy) is 1. The van der Waals surface area contributed by atoms with E-state index in [1.165, 1.54) is 11.3 Å². The summed E-state index contributed by atoms with van der Waals surface area (Å²) >= 11 is 1.45. The molecule has 0 aliphatic carbocycles. The number of thiazole rings is 1. The number of hydrogen-bond donors (Lipinski definition) is 2. The molecule has 3 aromatic carbocycles. The first-order valence-corrected chi connectivity index (χ1v) is 18.1. The first kappa shape index (κ1) is 34.8. The molecular weight excluding hydrogens is 641 g/mol. The summed E-state index contributed by atoms with van der Waals surface area (Å²) in [6, 6.07) is 34.9. The van der Waals surface area contributed by atoms with Gasteiger partial charge in [0.05, 0.1) is 6.04 Å². The molecular formula is C41H46N6O2S. The predicted octanol–water partition coefficient (Wildman–Crippen LogP) is 8.83. The van der Waals surface area contributed by atoms with Crippen molar-refractivity contribution in [3.8, 4) is 0 Å². The number of carbonyl (C=O) groups is 1. The van der Waals surface area contributed by atoms with E-state index < -0.39 is 11.1 Å². The van der Waals surface area contributed by atoms with E-state index in [-0.39, 0.29) is 12.1 Å². The second-order valence-electron chi connectivity index (χ2n) is 14.2. The number of carbonyl (C=O) groups excluding carboxylic acids is 1. The minimum atomic E-state index is -0.791. The fourth-order valence-electron chi connectivity index (χ4n) is 6.68. The Balaban J connectivity index is 1.31. The lowest BCUT2D eigenvalue weighted by Gasteiger charge is -2.42. The summed E-state index contributed by atoms with van der Waals surface area (Å²) in [6.45, 7) is 11.9. The van der Waals surface area contributed by atoms with Crippen molar-refractivity contribution in [1.29, 1.82) is 5.41 Å². The van der Waals surface area contributed by atoms with E-state index in [1.54, 1.807) is 6.20 Å². The molecule has 258 valence electrons. The molecule has 2 N–H and O–H groups in total. The molecule has 0 radical (unpaired) electrons. The SMILES string of the molecule is CC(C)CC1CN(c2csc(C(=N)c3cccnc3NC(c3ccccc3)(c3ccccc3)c3ccccc3)n2)CCN1C(=O)OC(C)(C)C. The highest BCUT2D eigenvalue weighted by molar-refractivity contribution is 7.12. The quantitative estimate of drug-likeness (QED) is 0.113. The number of amides is 1. The van der Waals surface area contributed by atoms with Gasteiger partial charge >= 0.3 is 6.09 Å². The molecule has 8 nitrogen and oxygen atoms in total. The van der Waals surface area contributed by atoms with Crippen LogP contribution in [0.2, 0.25) is 0 Å². The molecule has 6 rings (SSSR count). The van der Waals surface area contributed by atoms with Crippen LogP contribution in [0.5, 0.6) is 0 Å².